The summed E-state index contributed by atoms with van der Waals surface area (Å²) in [5.41, 5.74) is 3.51. The maximum atomic E-state index is 4.60. The minimum atomic E-state index is 0. The third-order valence-electron chi connectivity index (χ3n) is 2.83. The summed E-state index contributed by atoms with van der Waals surface area (Å²) >= 11 is 0. The Balaban J connectivity index is 0.000000640. The molecule has 2 aromatic rings. The number of aromatic nitrogens is 2. The van der Waals surface area contributed by atoms with E-state index in [9.17, 15) is 0 Å². The maximum absolute atomic E-state index is 4.60. The number of hydrogen-bond acceptors (Lipinski definition) is 2. The molecule has 0 amide bonds. The molecule has 88 valence electrons. The number of halogens is 2. The number of hydrogen-bond donors (Lipinski definition) is 2. The Kier molecular flexibility index (Phi) is 4.19. The fourth-order valence-electron chi connectivity index (χ4n) is 1.81. The molecule has 1 aliphatic rings. The number of rotatable bonds is 1. The van der Waals surface area contributed by atoms with Gasteiger partial charge in [0.1, 0.15) is 5.82 Å². The van der Waals surface area contributed by atoms with Gasteiger partial charge >= 0.3 is 0 Å². The van der Waals surface area contributed by atoms with E-state index in [1.165, 1.54) is 5.56 Å². The molecule has 1 aromatic carbocycles. The summed E-state index contributed by atoms with van der Waals surface area (Å²) in [5.74, 6) is 1.71. The molecule has 1 aromatic heterocycles. The van der Waals surface area contributed by atoms with Crippen molar-refractivity contribution in [2.45, 2.75) is 12.8 Å². The highest BCUT2D eigenvalue weighted by atomic mass is 35.5. The van der Waals surface area contributed by atoms with Crippen LogP contribution < -0.4 is 5.32 Å². The number of nitrogens with zero attached hydrogens (tertiary/aromatic N) is 1. The second-order valence-electron chi connectivity index (χ2n) is 4.00. The van der Waals surface area contributed by atoms with Crippen LogP contribution >= 0.6 is 24.8 Å². The van der Waals surface area contributed by atoms with Crippen LogP contribution in [0.4, 0.5) is 0 Å². The molecule has 1 saturated heterocycles. The topological polar surface area (TPSA) is 40.7 Å². The van der Waals surface area contributed by atoms with Gasteiger partial charge in [0, 0.05) is 19.0 Å². The Hall–Kier alpha value is -0.770. The van der Waals surface area contributed by atoms with Gasteiger partial charge in [0.15, 0.2) is 0 Å². The van der Waals surface area contributed by atoms with E-state index in [-0.39, 0.29) is 24.8 Å². The zero-order valence-corrected chi connectivity index (χ0v) is 10.6. The first-order valence-corrected chi connectivity index (χ1v) is 5.00. The van der Waals surface area contributed by atoms with Gasteiger partial charge in [0.25, 0.3) is 0 Å². The molecular formula is C11H15Cl2N3. The summed E-state index contributed by atoms with van der Waals surface area (Å²) in [6.07, 6.45) is 0. The predicted octanol–water partition coefficient (Wildman–Crippen LogP) is 2.40. The summed E-state index contributed by atoms with van der Waals surface area (Å²) in [4.78, 5) is 7.97. The van der Waals surface area contributed by atoms with E-state index in [4.69, 9.17) is 0 Å². The van der Waals surface area contributed by atoms with E-state index < -0.39 is 0 Å². The lowest BCUT2D eigenvalue weighted by molar-refractivity contribution is 0.433. The van der Waals surface area contributed by atoms with Crippen LogP contribution in [-0.4, -0.2) is 23.1 Å². The Morgan fingerprint density at radius 3 is 2.62 bits per heavy atom. The molecule has 0 atom stereocenters. The molecule has 2 N–H and O–H groups in total. The Morgan fingerprint density at radius 1 is 1.25 bits per heavy atom. The number of nitrogens with one attached hydrogen (secondary N) is 2. The minimum absolute atomic E-state index is 0. The van der Waals surface area contributed by atoms with E-state index >= 15 is 0 Å². The van der Waals surface area contributed by atoms with E-state index in [1.807, 2.05) is 0 Å². The highest BCUT2D eigenvalue weighted by Gasteiger charge is 2.21. The van der Waals surface area contributed by atoms with Crippen LogP contribution in [0.5, 0.6) is 0 Å². The third-order valence-corrected chi connectivity index (χ3v) is 2.83. The van der Waals surface area contributed by atoms with E-state index in [1.54, 1.807) is 0 Å². The molecule has 3 rings (SSSR count). The van der Waals surface area contributed by atoms with Crippen molar-refractivity contribution in [3.8, 4) is 0 Å². The molecule has 0 spiro atoms. The van der Waals surface area contributed by atoms with Gasteiger partial charge in [-0.15, -0.1) is 24.8 Å². The molecule has 0 radical (unpaired) electrons. The Labute approximate surface area is 107 Å². The first kappa shape index (κ1) is 13.3. The smallest absolute Gasteiger partial charge is 0.112 e. The molecule has 0 aliphatic carbocycles. The van der Waals surface area contributed by atoms with Gasteiger partial charge in [-0.05, 0) is 24.6 Å². The largest absolute Gasteiger partial charge is 0.342 e. The number of benzene rings is 1. The molecule has 5 heteroatoms. The fraction of sp³-hybridized carbons (Fsp3) is 0.364. The number of aromatic amines is 1. The molecule has 1 aliphatic heterocycles. The van der Waals surface area contributed by atoms with Crippen LogP contribution in [0.3, 0.4) is 0 Å². The SMILES string of the molecule is Cc1ccc2[nH]c(C3CNC3)nc2c1.Cl.Cl. The average Bonchev–Trinajstić information content (AvgIpc) is 2.43. The zero-order valence-electron chi connectivity index (χ0n) is 8.99. The van der Waals surface area contributed by atoms with Crippen LogP contribution in [-0.2, 0) is 0 Å². The van der Waals surface area contributed by atoms with Gasteiger partial charge < -0.3 is 10.3 Å². The molecule has 3 nitrogen and oxygen atoms in total. The molecule has 16 heavy (non-hydrogen) atoms. The second-order valence-corrected chi connectivity index (χ2v) is 4.00. The van der Waals surface area contributed by atoms with Crippen molar-refractivity contribution in [3.05, 3.63) is 29.6 Å². The van der Waals surface area contributed by atoms with E-state index in [0.29, 0.717) is 5.92 Å². The van der Waals surface area contributed by atoms with Crippen molar-refractivity contribution in [2.75, 3.05) is 13.1 Å². The number of H-pyrrole nitrogens is 1. The highest BCUT2D eigenvalue weighted by molar-refractivity contribution is 5.85. The number of fused-ring (bicyclic) bond motifs is 1. The van der Waals surface area contributed by atoms with Gasteiger partial charge in [-0.3, -0.25) is 0 Å². The van der Waals surface area contributed by atoms with Crippen molar-refractivity contribution in [3.63, 3.8) is 0 Å². The van der Waals surface area contributed by atoms with Gasteiger partial charge in [0.05, 0.1) is 11.0 Å². The third kappa shape index (κ3) is 2.17. The first-order chi connectivity index (χ1) is 6.83. The molecule has 0 unspecified atom stereocenters. The second kappa shape index (κ2) is 5.04. The average molecular weight is 260 g/mol. The van der Waals surface area contributed by atoms with E-state index in [2.05, 4.69) is 40.4 Å². The highest BCUT2D eigenvalue weighted by Crippen LogP contribution is 2.20. The summed E-state index contributed by atoms with van der Waals surface area (Å²) in [7, 11) is 0. The number of imidazole rings is 1. The first-order valence-electron chi connectivity index (χ1n) is 5.00. The van der Waals surface area contributed by atoms with Crippen molar-refractivity contribution < 1.29 is 0 Å². The summed E-state index contributed by atoms with van der Waals surface area (Å²) in [6, 6.07) is 6.35. The molecule has 2 heterocycles. The quantitative estimate of drug-likeness (QED) is 0.826. The van der Waals surface area contributed by atoms with Gasteiger partial charge in [-0.2, -0.15) is 0 Å². The molecule has 1 fully saturated rings. The minimum Gasteiger partial charge on any atom is -0.342 e. The van der Waals surface area contributed by atoms with Crippen molar-refractivity contribution in [2.24, 2.45) is 0 Å². The van der Waals surface area contributed by atoms with Crippen LogP contribution in [0.1, 0.15) is 17.3 Å². The van der Waals surface area contributed by atoms with Crippen LogP contribution in [0.15, 0.2) is 18.2 Å². The van der Waals surface area contributed by atoms with Crippen LogP contribution in [0.25, 0.3) is 11.0 Å². The summed E-state index contributed by atoms with van der Waals surface area (Å²) < 4.78 is 0. The summed E-state index contributed by atoms with van der Waals surface area (Å²) in [6.45, 7) is 4.20. The predicted molar refractivity (Wildman–Crippen MR) is 70.9 cm³/mol. The lowest BCUT2D eigenvalue weighted by atomic mass is 10.0. The Bertz CT molecular complexity index is 477. The number of aryl methyl sites for hydroxylation is 1. The van der Waals surface area contributed by atoms with Crippen LogP contribution in [0.2, 0.25) is 0 Å². The molecule has 0 bridgehead atoms. The van der Waals surface area contributed by atoms with Crippen LogP contribution in [0, 0.1) is 6.92 Å². The normalized spacial score (nSPS) is 15.1. The zero-order chi connectivity index (χ0) is 9.54. The van der Waals surface area contributed by atoms with Crippen molar-refractivity contribution >= 4 is 35.8 Å². The monoisotopic (exact) mass is 259 g/mol. The van der Waals surface area contributed by atoms with Gasteiger partial charge in [-0.1, -0.05) is 6.07 Å². The van der Waals surface area contributed by atoms with Gasteiger partial charge in [0.2, 0.25) is 0 Å². The maximum Gasteiger partial charge on any atom is 0.112 e. The fourth-order valence-corrected chi connectivity index (χ4v) is 1.81. The summed E-state index contributed by atoms with van der Waals surface area (Å²) in [5, 5.41) is 3.26. The van der Waals surface area contributed by atoms with Gasteiger partial charge in [-0.25, -0.2) is 4.98 Å². The van der Waals surface area contributed by atoms with Crippen molar-refractivity contribution in [1.29, 1.82) is 0 Å². The van der Waals surface area contributed by atoms with Crippen molar-refractivity contribution in [1.82, 2.24) is 15.3 Å². The lowest BCUT2D eigenvalue weighted by Crippen LogP contribution is -2.40. The standard InChI is InChI=1S/C11H13N3.2ClH/c1-7-2-3-9-10(4-7)14-11(13-9)8-5-12-6-8;;/h2-4,8,12H,5-6H2,1H3,(H,13,14);2*1H. The lowest BCUT2D eigenvalue weighted by Gasteiger charge is -2.24. The Morgan fingerprint density at radius 2 is 2.00 bits per heavy atom. The molecule has 0 saturated carbocycles. The molecular weight excluding hydrogens is 245 g/mol. The van der Waals surface area contributed by atoms with E-state index in [0.717, 1.165) is 29.9 Å².